The third kappa shape index (κ3) is 5.15. The highest BCUT2D eigenvalue weighted by molar-refractivity contribution is 6.30. The number of rotatable bonds is 8. The fraction of sp³-hybridized carbons (Fsp3) is 0.227. The number of furan rings is 1. The van der Waals surface area contributed by atoms with E-state index in [-0.39, 0.29) is 11.9 Å². The van der Waals surface area contributed by atoms with Crippen LogP contribution in [0.25, 0.3) is 0 Å². The highest BCUT2D eigenvalue weighted by atomic mass is 35.5. The molecule has 0 fully saturated rings. The maximum absolute atomic E-state index is 12.8. The standard InChI is InChI=1S/C22H23ClN2O3/c1-25(2)19(21-8-5-13-27-21)14-24-22(26)18-6-3-4-7-20(18)28-15-16-9-11-17(23)12-10-16/h3-13,19H,14-15H2,1-2H3,(H,24,26)/t19-/m1/s1. The van der Waals surface area contributed by atoms with Crippen LogP contribution in [-0.2, 0) is 6.61 Å². The number of nitrogens with one attached hydrogen (secondary N) is 1. The first-order chi connectivity index (χ1) is 13.5. The zero-order chi connectivity index (χ0) is 19.9. The van der Waals surface area contributed by atoms with Crippen LogP contribution in [0.4, 0.5) is 0 Å². The summed E-state index contributed by atoms with van der Waals surface area (Å²) in [6.45, 7) is 0.777. The van der Waals surface area contributed by atoms with Crippen LogP contribution in [0.15, 0.2) is 71.3 Å². The molecule has 0 spiro atoms. The minimum atomic E-state index is -0.190. The Morgan fingerprint density at radius 1 is 1.11 bits per heavy atom. The first-order valence-corrected chi connectivity index (χ1v) is 9.36. The minimum Gasteiger partial charge on any atom is -0.488 e. The van der Waals surface area contributed by atoms with Gasteiger partial charge in [-0.3, -0.25) is 9.69 Å². The molecule has 2 aromatic carbocycles. The van der Waals surface area contributed by atoms with Gasteiger partial charge in [-0.25, -0.2) is 0 Å². The van der Waals surface area contributed by atoms with E-state index in [1.165, 1.54) is 0 Å². The Bertz CT molecular complexity index is 892. The topological polar surface area (TPSA) is 54.7 Å². The molecule has 6 heteroatoms. The Hall–Kier alpha value is -2.76. The van der Waals surface area contributed by atoms with E-state index < -0.39 is 0 Å². The molecule has 0 bridgehead atoms. The molecule has 3 aromatic rings. The molecule has 0 aliphatic carbocycles. The van der Waals surface area contributed by atoms with E-state index >= 15 is 0 Å². The van der Waals surface area contributed by atoms with Gasteiger partial charge in [-0.15, -0.1) is 0 Å². The summed E-state index contributed by atoms with van der Waals surface area (Å²) in [6.07, 6.45) is 1.63. The van der Waals surface area contributed by atoms with Gasteiger partial charge in [0, 0.05) is 11.6 Å². The lowest BCUT2D eigenvalue weighted by Gasteiger charge is -2.22. The summed E-state index contributed by atoms with van der Waals surface area (Å²) in [5, 5.41) is 3.65. The van der Waals surface area contributed by atoms with Gasteiger partial charge in [0.2, 0.25) is 0 Å². The fourth-order valence-corrected chi connectivity index (χ4v) is 2.95. The number of hydrogen-bond acceptors (Lipinski definition) is 4. The predicted molar refractivity (Wildman–Crippen MR) is 110 cm³/mol. The Labute approximate surface area is 169 Å². The zero-order valence-corrected chi connectivity index (χ0v) is 16.6. The van der Waals surface area contributed by atoms with E-state index in [2.05, 4.69) is 5.32 Å². The Morgan fingerprint density at radius 2 is 1.86 bits per heavy atom. The molecular weight excluding hydrogens is 376 g/mol. The van der Waals surface area contributed by atoms with Crippen molar-refractivity contribution in [3.05, 3.63) is 88.8 Å². The quantitative estimate of drug-likeness (QED) is 0.605. The zero-order valence-electron chi connectivity index (χ0n) is 15.9. The van der Waals surface area contributed by atoms with Crippen molar-refractivity contribution >= 4 is 17.5 Å². The molecule has 0 saturated carbocycles. The summed E-state index contributed by atoms with van der Waals surface area (Å²) in [6, 6.07) is 18.3. The molecule has 146 valence electrons. The third-order valence-electron chi connectivity index (χ3n) is 4.39. The summed E-state index contributed by atoms with van der Waals surface area (Å²) in [7, 11) is 3.89. The number of benzene rings is 2. The minimum absolute atomic E-state index is 0.0545. The first kappa shape index (κ1) is 20.0. The van der Waals surface area contributed by atoms with E-state index in [0.29, 0.717) is 29.5 Å². The van der Waals surface area contributed by atoms with Crippen LogP contribution in [0.3, 0.4) is 0 Å². The van der Waals surface area contributed by atoms with E-state index in [1.54, 1.807) is 18.4 Å². The molecule has 1 amide bonds. The Balaban J connectivity index is 1.65. The van der Waals surface area contributed by atoms with Gasteiger partial charge in [0.25, 0.3) is 5.91 Å². The summed E-state index contributed by atoms with van der Waals surface area (Å²) in [5.74, 6) is 1.15. The van der Waals surface area contributed by atoms with Crippen LogP contribution in [0.1, 0.15) is 27.7 Å². The van der Waals surface area contributed by atoms with Crippen molar-refractivity contribution in [1.29, 1.82) is 0 Å². The normalized spacial score (nSPS) is 12.0. The van der Waals surface area contributed by atoms with Crippen LogP contribution >= 0.6 is 11.6 Å². The number of amides is 1. The van der Waals surface area contributed by atoms with Crippen LogP contribution in [0.2, 0.25) is 5.02 Å². The number of para-hydroxylation sites is 1. The number of hydrogen-bond donors (Lipinski definition) is 1. The second kappa shape index (κ2) is 9.44. The van der Waals surface area contributed by atoms with Crippen LogP contribution in [0.5, 0.6) is 5.75 Å². The fourth-order valence-electron chi connectivity index (χ4n) is 2.82. The Kier molecular flexibility index (Phi) is 6.74. The number of likely N-dealkylation sites (N-methyl/N-ethyl adjacent to an activating group) is 1. The molecule has 0 aliphatic heterocycles. The molecule has 1 heterocycles. The van der Waals surface area contributed by atoms with Crippen LogP contribution in [-0.4, -0.2) is 31.4 Å². The maximum atomic E-state index is 12.8. The maximum Gasteiger partial charge on any atom is 0.255 e. The lowest BCUT2D eigenvalue weighted by Crippen LogP contribution is -2.34. The van der Waals surface area contributed by atoms with Gasteiger partial charge in [-0.2, -0.15) is 0 Å². The Morgan fingerprint density at radius 3 is 2.54 bits per heavy atom. The second-order valence-corrected chi connectivity index (χ2v) is 7.05. The highest BCUT2D eigenvalue weighted by Gasteiger charge is 2.19. The number of carbonyl (C=O) groups is 1. The van der Waals surface area contributed by atoms with E-state index in [9.17, 15) is 4.79 Å². The molecule has 1 atom stereocenters. The average molecular weight is 399 g/mol. The molecular formula is C22H23ClN2O3. The summed E-state index contributed by atoms with van der Waals surface area (Å²) < 4.78 is 11.4. The molecule has 0 radical (unpaired) electrons. The van der Waals surface area contributed by atoms with E-state index in [0.717, 1.165) is 11.3 Å². The van der Waals surface area contributed by atoms with E-state index in [1.807, 2.05) is 67.5 Å². The van der Waals surface area contributed by atoms with Crippen LogP contribution in [0, 0.1) is 0 Å². The van der Waals surface area contributed by atoms with Crippen molar-refractivity contribution in [3.8, 4) is 5.75 Å². The molecule has 0 aliphatic rings. The molecule has 1 aromatic heterocycles. The largest absolute Gasteiger partial charge is 0.488 e. The van der Waals surface area contributed by atoms with Crippen molar-refractivity contribution < 1.29 is 13.9 Å². The number of halogens is 1. The van der Waals surface area contributed by atoms with Gasteiger partial charge in [0.1, 0.15) is 18.1 Å². The van der Waals surface area contributed by atoms with Crippen molar-refractivity contribution in [2.45, 2.75) is 12.6 Å². The lowest BCUT2D eigenvalue weighted by atomic mass is 10.1. The van der Waals surface area contributed by atoms with Gasteiger partial charge in [-0.1, -0.05) is 35.9 Å². The van der Waals surface area contributed by atoms with Gasteiger partial charge < -0.3 is 14.5 Å². The van der Waals surface area contributed by atoms with E-state index in [4.69, 9.17) is 20.8 Å². The summed E-state index contributed by atoms with van der Waals surface area (Å²) >= 11 is 5.91. The molecule has 0 saturated heterocycles. The van der Waals surface area contributed by atoms with Crippen molar-refractivity contribution in [3.63, 3.8) is 0 Å². The average Bonchev–Trinajstić information content (AvgIpc) is 3.22. The molecule has 3 rings (SSSR count). The van der Waals surface area contributed by atoms with Crippen LogP contribution < -0.4 is 10.1 Å². The number of nitrogens with zero attached hydrogens (tertiary/aromatic N) is 1. The van der Waals surface area contributed by atoms with Crippen molar-refractivity contribution in [2.24, 2.45) is 0 Å². The second-order valence-electron chi connectivity index (χ2n) is 6.62. The van der Waals surface area contributed by atoms with Gasteiger partial charge in [0.05, 0.1) is 17.9 Å². The molecule has 0 unspecified atom stereocenters. The highest BCUT2D eigenvalue weighted by Crippen LogP contribution is 2.21. The molecule has 5 nitrogen and oxygen atoms in total. The monoisotopic (exact) mass is 398 g/mol. The third-order valence-corrected chi connectivity index (χ3v) is 4.64. The number of ether oxygens (including phenoxy) is 1. The summed E-state index contributed by atoms with van der Waals surface area (Å²) in [5.41, 5.74) is 1.47. The predicted octanol–water partition coefficient (Wildman–Crippen LogP) is 4.54. The molecule has 1 N–H and O–H groups in total. The van der Waals surface area contributed by atoms with Gasteiger partial charge >= 0.3 is 0 Å². The first-order valence-electron chi connectivity index (χ1n) is 8.99. The SMILES string of the molecule is CN(C)[C@H](CNC(=O)c1ccccc1OCc1ccc(Cl)cc1)c1ccco1. The summed E-state index contributed by atoms with van der Waals surface area (Å²) in [4.78, 5) is 14.8. The van der Waals surface area contributed by atoms with Gasteiger partial charge in [-0.05, 0) is 56.1 Å². The van der Waals surface area contributed by atoms with Crippen molar-refractivity contribution in [1.82, 2.24) is 10.2 Å². The molecule has 28 heavy (non-hydrogen) atoms. The van der Waals surface area contributed by atoms with Gasteiger partial charge in [0.15, 0.2) is 0 Å². The lowest BCUT2D eigenvalue weighted by molar-refractivity contribution is 0.0934. The van der Waals surface area contributed by atoms with Crippen molar-refractivity contribution in [2.75, 3.05) is 20.6 Å². The smallest absolute Gasteiger partial charge is 0.255 e. The number of carbonyl (C=O) groups excluding carboxylic acids is 1.